The van der Waals surface area contributed by atoms with Gasteiger partial charge in [0.1, 0.15) is 5.56 Å². The number of hydrogen-bond acceptors (Lipinski definition) is 3. The van der Waals surface area contributed by atoms with Gasteiger partial charge in [-0.2, -0.15) is 0 Å². The first-order valence-electron chi connectivity index (χ1n) is 7.29. The van der Waals surface area contributed by atoms with Gasteiger partial charge in [-0.15, -0.1) is 0 Å². The number of pyridine rings is 1. The predicted molar refractivity (Wildman–Crippen MR) is 74.8 cm³/mol. The second kappa shape index (κ2) is 5.40. The van der Waals surface area contributed by atoms with Crippen molar-refractivity contribution in [1.29, 1.82) is 0 Å². The van der Waals surface area contributed by atoms with Crippen LogP contribution in [-0.2, 0) is 4.74 Å². The molecule has 1 aliphatic carbocycles. The number of amides is 1. The van der Waals surface area contributed by atoms with E-state index in [1.165, 1.54) is 0 Å². The lowest BCUT2D eigenvalue weighted by molar-refractivity contribution is -0.0753. The number of ether oxygens (including phenoxy) is 1. The van der Waals surface area contributed by atoms with Crippen LogP contribution in [0, 0.1) is 6.92 Å². The van der Waals surface area contributed by atoms with E-state index < -0.39 is 0 Å². The monoisotopic (exact) mass is 276 g/mol. The first-order valence-corrected chi connectivity index (χ1v) is 7.29. The van der Waals surface area contributed by atoms with Crippen LogP contribution in [-0.4, -0.2) is 41.1 Å². The van der Waals surface area contributed by atoms with E-state index in [1.54, 1.807) is 12.1 Å². The first kappa shape index (κ1) is 13.4. The fraction of sp³-hybridized carbons (Fsp3) is 0.600. The third-order valence-electron chi connectivity index (χ3n) is 4.28. The van der Waals surface area contributed by atoms with Gasteiger partial charge in [0.25, 0.3) is 11.5 Å². The minimum absolute atomic E-state index is 0.130. The molecule has 0 aromatic carbocycles. The molecule has 1 saturated heterocycles. The summed E-state index contributed by atoms with van der Waals surface area (Å²) in [6.45, 7) is 2.95. The number of carbonyl (C=O) groups is 1. The summed E-state index contributed by atoms with van der Waals surface area (Å²) in [5.74, 6) is -0.161. The van der Waals surface area contributed by atoms with Crippen LogP contribution in [0.5, 0.6) is 0 Å². The molecule has 108 valence electrons. The van der Waals surface area contributed by atoms with E-state index in [-0.39, 0.29) is 29.2 Å². The SMILES string of the molecule is Cc1ccc(C(=O)N2CCOC3CCCCC32)c(=O)[nH]1. The minimum Gasteiger partial charge on any atom is -0.374 e. The fourth-order valence-corrected chi connectivity index (χ4v) is 3.24. The molecule has 1 saturated carbocycles. The smallest absolute Gasteiger partial charge is 0.260 e. The van der Waals surface area contributed by atoms with Crippen LogP contribution in [0.15, 0.2) is 16.9 Å². The van der Waals surface area contributed by atoms with Gasteiger partial charge in [0.15, 0.2) is 0 Å². The van der Waals surface area contributed by atoms with Crippen LogP contribution in [0.3, 0.4) is 0 Å². The molecule has 2 atom stereocenters. The Morgan fingerprint density at radius 3 is 2.95 bits per heavy atom. The third kappa shape index (κ3) is 2.38. The average molecular weight is 276 g/mol. The Balaban J connectivity index is 1.87. The zero-order valence-electron chi connectivity index (χ0n) is 11.7. The number of rotatable bonds is 1. The van der Waals surface area contributed by atoms with Crippen LogP contribution in [0.25, 0.3) is 0 Å². The molecule has 5 nitrogen and oxygen atoms in total. The van der Waals surface area contributed by atoms with E-state index in [0.29, 0.717) is 13.2 Å². The molecule has 1 aromatic rings. The Morgan fingerprint density at radius 1 is 1.35 bits per heavy atom. The van der Waals surface area contributed by atoms with Crippen molar-refractivity contribution >= 4 is 5.91 Å². The van der Waals surface area contributed by atoms with E-state index in [2.05, 4.69) is 4.98 Å². The Kier molecular flexibility index (Phi) is 3.61. The molecular weight excluding hydrogens is 256 g/mol. The molecule has 0 spiro atoms. The van der Waals surface area contributed by atoms with Crippen molar-refractivity contribution in [2.45, 2.75) is 44.8 Å². The highest BCUT2D eigenvalue weighted by Gasteiger charge is 2.37. The fourth-order valence-electron chi connectivity index (χ4n) is 3.24. The number of aryl methyl sites for hydroxylation is 1. The molecule has 0 bridgehead atoms. The summed E-state index contributed by atoms with van der Waals surface area (Å²) < 4.78 is 5.77. The molecule has 1 aliphatic heterocycles. The van der Waals surface area contributed by atoms with Gasteiger partial charge in [-0.3, -0.25) is 9.59 Å². The quantitative estimate of drug-likeness (QED) is 0.845. The number of nitrogens with zero attached hydrogens (tertiary/aromatic N) is 1. The molecule has 3 rings (SSSR count). The standard InChI is InChI=1S/C15H20N2O3/c1-10-6-7-11(14(18)16-10)15(19)17-8-9-20-13-5-3-2-4-12(13)17/h6-7,12-13H,2-5,8-9H2,1H3,(H,16,18). The van der Waals surface area contributed by atoms with Crippen LogP contribution < -0.4 is 5.56 Å². The van der Waals surface area contributed by atoms with Gasteiger partial charge in [0.2, 0.25) is 0 Å². The van der Waals surface area contributed by atoms with Crippen molar-refractivity contribution in [3.8, 4) is 0 Å². The van der Waals surface area contributed by atoms with Crippen LogP contribution in [0.4, 0.5) is 0 Å². The van der Waals surface area contributed by atoms with Crippen LogP contribution in [0.2, 0.25) is 0 Å². The zero-order chi connectivity index (χ0) is 14.1. The number of carbonyl (C=O) groups excluding carboxylic acids is 1. The van der Waals surface area contributed by atoms with Gasteiger partial charge in [-0.1, -0.05) is 12.8 Å². The van der Waals surface area contributed by atoms with Crippen molar-refractivity contribution in [3.05, 3.63) is 33.7 Å². The van der Waals surface area contributed by atoms with Gasteiger partial charge in [-0.25, -0.2) is 0 Å². The number of morpholine rings is 1. The highest BCUT2D eigenvalue weighted by Crippen LogP contribution is 2.29. The third-order valence-corrected chi connectivity index (χ3v) is 4.28. The van der Waals surface area contributed by atoms with Crippen molar-refractivity contribution in [3.63, 3.8) is 0 Å². The van der Waals surface area contributed by atoms with E-state index in [4.69, 9.17) is 4.74 Å². The summed E-state index contributed by atoms with van der Waals surface area (Å²) in [5.41, 5.74) is 0.708. The molecule has 1 aromatic heterocycles. The molecule has 0 radical (unpaired) electrons. The molecule has 2 unspecified atom stereocenters. The van der Waals surface area contributed by atoms with Gasteiger partial charge in [0.05, 0.1) is 18.8 Å². The lowest BCUT2D eigenvalue weighted by atomic mass is 9.90. The summed E-state index contributed by atoms with van der Waals surface area (Å²) in [7, 11) is 0. The maximum atomic E-state index is 12.6. The van der Waals surface area contributed by atoms with E-state index >= 15 is 0 Å². The van der Waals surface area contributed by atoms with Gasteiger partial charge < -0.3 is 14.6 Å². The number of aromatic nitrogens is 1. The Labute approximate surface area is 117 Å². The van der Waals surface area contributed by atoms with Crippen molar-refractivity contribution in [2.75, 3.05) is 13.2 Å². The van der Waals surface area contributed by atoms with Crippen molar-refractivity contribution < 1.29 is 9.53 Å². The maximum Gasteiger partial charge on any atom is 0.260 e. The van der Waals surface area contributed by atoms with Gasteiger partial charge in [-0.05, 0) is 31.9 Å². The number of hydrogen-bond donors (Lipinski definition) is 1. The van der Waals surface area contributed by atoms with E-state index in [1.807, 2.05) is 11.8 Å². The molecule has 5 heteroatoms. The van der Waals surface area contributed by atoms with Gasteiger partial charge in [0, 0.05) is 12.2 Å². The lowest BCUT2D eigenvalue weighted by Crippen LogP contribution is -2.55. The number of fused-ring (bicyclic) bond motifs is 1. The summed E-state index contributed by atoms with van der Waals surface area (Å²) in [5, 5.41) is 0. The maximum absolute atomic E-state index is 12.6. The summed E-state index contributed by atoms with van der Waals surface area (Å²) in [4.78, 5) is 29.1. The molecular formula is C15H20N2O3. The highest BCUT2D eigenvalue weighted by molar-refractivity contribution is 5.94. The highest BCUT2D eigenvalue weighted by atomic mass is 16.5. The first-order chi connectivity index (χ1) is 9.66. The van der Waals surface area contributed by atoms with Gasteiger partial charge >= 0.3 is 0 Å². The summed E-state index contributed by atoms with van der Waals surface area (Å²) in [6.07, 6.45) is 4.41. The molecule has 1 N–H and O–H groups in total. The number of H-pyrrole nitrogens is 1. The van der Waals surface area contributed by atoms with Crippen molar-refractivity contribution in [2.24, 2.45) is 0 Å². The second-order valence-corrected chi connectivity index (χ2v) is 5.64. The van der Waals surface area contributed by atoms with Crippen LogP contribution >= 0.6 is 0 Å². The second-order valence-electron chi connectivity index (χ2n) is 5.64. The average Bonchev–Trinajstić information content (AvgIpc) is 2.46. The molecule has 2 fully saturated rings. The van der Waals surface area contributed by atoms with E-state index in [9.17, 15) is 9.59 Å². The topological polar surface area (TPSA) is 62.4 Å². The number of nitrogens with one attached hydrogen (secondary N) is 1. The Morgan fingerprint density at radius 2 is 2.15 bits per heavy atom. The molecule has 2 aliphatic rings. The number of aromatic amines is 1. The van der Waals surface area contributed by atoms with Crippen molar-refractivity contribution in [1.82, 2.24) is 9.88 Å². The molecule has 1 amide bonds. The Bertz CT molecular complexity index is 564. The molecule has 2 heterocycles. The predicted octanol–water partition coefficient (Wildman–Crippen LogP) is 1.47. The Hall–Kier alpha value is -1.62. The van der Waals surface area contributed by atoms with Crippen LogP contribution in [0.1, 0.15) is 41.7 Å². The lowest BCUT2D eigenvalue weighted by Gasteiger charge is -2.43. The van der Waals surface area contributed by atoms with E-state index in [0.717, 1.165) is 31.4 Å². The largest absolute Gasteiger partial charge is 0.374 e. The summed E-state index contributed by atoms with van der Waals surface area (Å²) in [6, 6.07) is 3.53. The summed E-state index contributed by atoms with van der Waals surface area (Å²) >= 11 is 0. The zero-order valence-corrected chi connectivity index (χ0v) is 11.7. The normalized spacial score (nSPS) is 26.1. The minimum atomic E-state index is -0.297. The molecule has 20 heavy (non-hydrogen) atoms.